The Morgan fingerprint density at radius 3 is 2.36 bits per heavy atom. The average molecular weight is 304 g/mol. The van der Waals surface area contributed by atoms with Crippen LogP contribution in [0.3, 0.4) is 0 Å². The molecule has 0 aliphatic rings. The molecule has 0 saturated heterocycles. The zero-order chi connectivity index (χ0) is 15.7. The first-order valence-corrected chi connectivity index (χ1v) is 6.95. The molecule has 22 heavy (non-hydrogen) atoms. The summed E-state index contributed by atoms with van der Waals surface area (Å²) in [7, 11) is 0. The van der Waals surface area contributed by atoms with Crippen molar-refractivity contribution in [1.82, 2.24) is 4.98 Å². The number of halogens is 3. The number of rotatable bonds is 3. The van der Waals surface area contributed by atoms with Crippen LogP contribution in [0.4, 0.5) is 18.9 Å². The molecule has 2 nitrogen and oxygen atoms in total. The lowest BCUT2D eigenvalue weighted by atomic mass is 10.1. The highest BCUT2D eigenvalue weighted by atomic mass is 19.4. The van der Waals surface area contributed by atoms with Crippen LogP contribution in [-0.2, 0) is 6.18 Å². The standard InChI is InChI=1S/C17H15F3N2/c1-11(15-10-21-16-5-3-2-4-14(15)16)22-13-8-6-12(7-9-13)17(18,19)20/h2-11,21-22H,1H3. The summed E-state index contributed by atoms with van der Waals surface area (Å²) in [6, 6.07) is 13.0. The molecule has 0 amide bonds. The summed E-state index contributed by atoms with van der Waals surface area (Å²) in [6.45, 7) is 1.98. The van der Waals surface area contributed by atoms with Gasteiger partial charge in [0.25, 0.3) is 0 Å². The predicted molar refractivity (Wildman–Crippen MR) is 81.8 cm³/mol. The molecule has 5 heteroatoms. The number of aromatic amines is 1. The maximum atomic E-state index is 12.6. The molecule has 0 spiro atoms. The van der Waals surface area contributed by atoms with Gasteiger partial charge in [-0.1, -0.05) is 18.2 Å². The Morgan fingerprint density at radius 1 is 1.00 bits per heavy atom. The van der Waals surface area contributed by atoms with Gasteiger partial charge < -0.3 is 10.3 Å². The van der Waals surface area contributed by atoms with Crippen LogP contribution in [-0.4, -0.2) is 4.98 Å². The van der Waals surface area contributed by atoms with Gasteiger partial charge in [-0.15, -0.1) is 0 Å². The number of aromatic nitrogens is 1. The minimum Gasteiger partial charge on any atom is -0.378 e. The first-order chi connectivity index (χ1) is 10.4. The second-order valence-corrected chi connectivity index (χ2v) is 5.23. The van der Waals surface area contributed by atoms with Crippen molar-refractivity contribution in [2.75, 3.05) is 5.32 Å². The highest BCUT2D eigenvalue weighted by Gasteiger charge is 2.29. The quantitative estimate of drug-likeness (QED) is 0.670. The van der Waals surface area contributed by atoms with Crippen molar-refractivity contribution >= 4 is 16.6 Å². The lowest BCUT2D eigenvalue weighted by Gasteiger charge is -2.15. The molecule has 114 valence electrons. The van der Waals surface area contributed by atoms with Crippen molar-refractivity contribution in [3.63, 3.8) is 0 Å². The fourth-order valence-corrected chi connectivity index (χ4v) is 2.54. The van der Waals surface area contributed by atoms with Gasteiger partial charge in [-0.25, -0.2) is 0 Å². The fraction of sp³-hybridized carbons (Fsp3) is 0.176. The van der Waals surface area contributed by atoms with E-state index >= 15 is 0 Å². The van der Waals surface area contributed by atoms with Gasteiger partial charge in [0.15, 0.2) is 0 Å². The van der Waals surface area contributed by atoms with Gasteiger partial charge in [0, 0.05) is 22.8 Å². The van der Waals surface area contributed by atoms with Crippen LogP contribution in [0.25, 0.3) is 10.9 Å². The van der Waals surface area contributed by atoms with E-state index in [2.05, 4.69) is 10.3 Å². The van der Waals surface area contributed by atoms with Gasteiger partial charge >= 0.3 is 6.18 Å². The third-order valence-corrected chi connectivity index (χ3v) is 3.68. The number of H-pyrrole nitrogens is 1. The second-order valence-electron chi connectivity index (χ2n) is 5.23. The van der Waals surface area contributed by atoms with E-state index in [0.717, 1.165) is 28.6 Å². The van der Waals surface area contributed by atoms with E-state index in [1.54, 1.807) is 0 Å². The van der Waals surface area contributed by atoms with Crippen molar-refractivity contribution in [2.45, 2.75) is 19.1 Å². The Hall–Kier alpha value is -2.43. The van der Waals surface area contributed by atoms with Crippen molar-refractivity contribution in [1.29, 1.82) is 0 Å². The van der Waals surface area contributed by atoms with Gasteiger partial charge in [-0.2, -0.15) is 13.2 Å². The second kappa shape index (κ2) is 5.40. The van der Waals surface area contributed by atoms with Crippen LogP contribution in [0.5, 0.6) is 0 Å². The number of anilines is 1. The molecule has 1 atom stereocenters. The topological polar surface area (TPSA) is 27.8 Å². The Morgan fingerprint density at radius 2 is 1.68 bits per heavy atom. The van der Waals surface area contributed by atoms with Crippen molar-refractivity contribution < 1.29 is 13.2 Å². The summed E-state index contributed by atoms with van der Waals surface area (Å²) >= 11 is 0. The van der Waals surface area contributed by atoms with Gasteiger partial charge in [0.2, 0.25) is 0 Å². The van der Waals surface area contributed by atoms with Gasteiger partial charge in [0.05, 0.1) is 11.6 Å². The number of nitrogens with one attached hydrogen (secondary N) is 2. The van der Waals surface area contributed by atoms with E-state index in [1.807, 2.05) is 37.4 Å². The van der Waals surface area contributed by atoms with Crippen LogP contribution in [0, 0.1) is 0 Å². The number of para-hydroxylation sites is 1. The molecule has 1 unspecified atom stereocenters. The zero-order valence-electron chi connectivity index (χ0n) is 11.9. The average Bonchev–Trinajstić information content (AvgIpc) is 2.91. The minimum atomic E-state index is -4.30. The molecule has 0 saturated carbocycles. The first-order valence-electron chi connectivity index (χ1n) is 6.95. The van der Waals surface area contributed by atoms with Crippen LogP contribution in [0.1, 0.15) is 24.1 Å². The number of hydrogen-bond donors (Lipinski definition) is 2. The highest BCUT2D eigenvalue weighted by molar-refractivity contribution is 5.83. The minimum absolute atomic E-state index is 0.0205. The lowest BCUT2D eigenvalue weighted by molar-refractivity contribution is -0.137. The van der Waals surface area contributed by atoms with E-state index in [9.17, 15) is 13.2 Å². The number of benzene rings is 2. The molecular weight excluding hydrogens is 289 g/mol. The monoisotopic (exact) mass is 304 g/mol. The molecule has 0 bridgehead atoms. The molecule has 3 rings (SSSR count). The summed E-state index contributed by atoms with van der Waals surface area (Å²) in [5, 5.41) is 4.33. The van der Waals surface area contributed by atoms with Crippen LogP contribution in [0.2, 0.25) is 0 Å². The third-order valence-electron chi connectivity index (χ3n) is 3.68. The summed E-state index contributed by atoms with van der Waals surface area (Å²) in [5.74, 6) is 0. The number of alkyl halides is 3. The Labute approximate surface area is 126 Å². The predicted octanol–water partition coefficient (Wildman–Crippen LogP) is 5.36. The zero-order valence-corrected chi connectivity index (χ0v) is 11.9. The molecule has 0 aliphatic carbocycles. The Bertz CT molecular complexity index is 772. The summed E-state index contributed by atoms with van der Waals surface area (Å²) in [6.07, 6.45) is -2.38. The van der Waals surface area contributed by atoms with Crippen LogP contribution < -0.4 is 5.32 Å². The largest absolute Gasteiger partial charge is 0.416 e. The third kappa shape index (κ3) is 2.79. The molecular formula is C17H15F3N2. The molecule has 2 aromatic carbocycles. The highest BCUT2D eigenvalue weighted by Crippen LogP contribution is 2.31. The fourth-order valence-electron chi connectivity index (χ4n) is 2.54. The first kappa shape index (κ1) is 14.5. The summed E-state index contributed by atoms with van der Waals surface area (Å²) in [5.41, 5.74) is 2.14. The lowest BCUT2D eigenvalue weighted by Crippen LogP contribution is -2.08. The normalized spacial score (nSPS) is 13.3. The van der Waals surface area contributed by atoms with Crippen LogP contribution >= 0.6 is 0 Å². The van der Waals surface area contributed by atoms with Gasteiger partial charge in [-0.05, 0) is 42.8 Å². The number of fused-ring (bicyclic) bond motifs is 1. The van der Waals surface area contributed by atoms with E-state index < -0.39 is 11.7 Å². The van der Waals surface area contributed by atoms with E-state index in [1.165, 1.54) is 12.1 Å². The van der Waals surface area contributed by atoms with Gasteiger partial charge in [-0.3, -0.25) is 0 Å². The Balaban J connectivity index is 1.81. The molecule has 0 aliphatic heterocycles. The SMILES string of the molecule is CC(Nc1ccc(C(F)(F)F)cc1)c1c[nH]c2ccccc12. The Kier molecular flexibility index (Phi) is 3.56. The van der Waals surface area contributed by atoms with Crippen molar-refractivity contribution in [3.05, 3.63) is 65.9 Å². The number of hydrogen-bond acceptors (Lipinski definition) is 1. The van der Waals surface area contributed by atoms with E-state index in [4.69, 9.17) is 0 Å². The van der Waals surface area contributed by atoms with Crippen molar-refractivity contribution in [2.24, 2.45) is 0 Å². The smallest absolute Gasteiger partial charge is 0.378 e. The van der Waals surface area contributed by atoms with Gasteiger partial charge in [0.1, 0.15) is 0 Å². The molecule has 0 fully saturated rings. The molecule has 2 N–H and O–H groups in total. The molecule has 1 aromatic heterocycles. The molecule has 0 radical (unpaired) electrons. The van der Waals surface area contributed by atoms with Crippen molar-refractivity contribution in [3.8, 4) is 0 Å². The maximum absolute atomic E-state index is 12.6. The maximum Gasteiger partial charge on any atom is 0.416 e. The summed E-state index contributed by atoms with van der Waals surface area (Å²) < 4.78 is 37.7. The molecule has 1 heterocycles. The summed E-state index contributed by atoms with van der Waals surface area (Å²) in [4.78, 5) is 3.20. The molecule has 3 aromatic rings. The van der Waals surface area contributed by atoms with E-state index in [0.29, 0.717) is 5.69 Å². The van der Waals surface area contributed by atoms with E-state index in [-0.39, 0.29) is 6.04 Å². The van der Waals surface area contributed by atoms with Crippen LogP contribution in [0.15, 0.2) is 54.7 Å².